The third-order valence-electron chi connectivity index (χ3n) is 2.58. The maximum Gasteiger partial charge on any atom is 0.269 e. The number of aromatic nitrogens is 1. The summed E-state index contributed by atoms with van der Waals surface area (Å²) in [5.41, 5.74) is 2.39. The fraction of sp³-hybridized carbons (Fsp3) is 0.250. The van der Waals surface area contributed by atoms with E-state index < -0.39 is 4.92 Å². The lowest BCUT2D eigenvalue weighted by Crippen LogP contribution is -1.99. The van der Waals surface area contributed by atoms with E-state index in [2.05, 4.69) is 5.16 Å². The third-order valence-corrected chi connectivity index (χ3v) is 2.58. The summed E-state index contributed by atoms with van der Waals surface area (Å²) in [4.78, 5) is 10.2. The van der Waals surface area contributed by atoms with Crippen molar-refractivity contribution in [1.29, 1.82) is 0 Å². The molecule has 94 valence electrons. The van der Waals surface area contributed by atoms with Gasteiger partial charge in [-0.05, 0) is 25.5 Å². The molecule has 0 saturated heterocycles. The number of benzene rings is 1. The van der Waals surface area contributed by atoms with Gasteiger partial charge in [0.1, 0.15) is 24.3 Å². The molecule has 1 heterocycles. The van der Waals surface area contributed by atoms with E-state index >= 15 is 0 Å². The van der Waals surface area contributed by atoms with Crippen LogP contribution in [-0.4, -0.2) is 10.1 Å². The van der Waals surface area contributed by atoms with Gasteiger partial charge in [-0.15, -0.1) is 0 Å². The van der Waals surface area contributed by atoms with Crippen LogP contribution in [0.3, 0.4) is 0 Å². The van der Waals surface area contributed by atoms with E-state index in [1.54, 1.807) is 19.3 Å². The maximum absolute atomic E-state index is 10.6. The number of ether oxygens (including phenoxy) is 1. The van der Waals surface area contributed by atoms with Gasteiger partial charge in [0.15, 0.2) is 0 Å². The summed E-state index contributed by atoms with van der Waals surface area (Å²) in [6.07, 6.45) is 1.54. The standard InChI is InChI=1S/C12H12N2O4/c1-8-5-10(14(15)16)3-4-12(8)17-7-11-9(2)6-18-13-11/h3-6H,7H2,1-2H3. The van der Waals surface area contributed by atoms with Gasteiger partial charge in [0.25, 0.3) is 5.69 Å². The van der Waals surface area contributed by atoms with Crippen LogP contribution in [0.25, 0.3) is 0 Å². The van der Waals surface area contributed by atoms with Crippen molar-refractivity contribution in [3.63, 3.8) is 0 Å². The van der Waals surface area contributed by atoms with E-state index in [4.69, 9.17) is 9.26 Å². The van der Waals surface area contributed by atoms with Crippen LogP contribution in [0.15, 0.2) is 29.0 Å². The molecule has 0 N–H and O–H groups in total. The Balaban J connectivity index is 2.11. The summed E-state index contributed by atoms with van der Waals surface area (Å²) >= 11 is 0. The first-order chi connectivity index (χ1) is 8.58. The normalized spacial score (nSPS) is 10.3. The van der Waals surface area contributed by atoms with Gasteiger partial charge < -0.3 is 9.26 Å². The van der Waals surface area contributed by atoms with Crippen LogP contribution in [0, 0.1) is 24.0 Å². The van der Waals surface area contributed by atoms with Crippen LogP contribution in [0.4, 0.5) is 5.69 Å². The van der Waals surface area contributed by atoms with Crippen LogP contribution in [-0.2, 0) is 6.61 Å². The van der Waals surface area contributed by atoms with Crippen molar-refractivity contribution in [2.24, 2.45) is 0 Å². The molecule has 0 amide bonds. The molecule has 2 aromatic rings. The lowest BCUT2D eigenvalue weighted by molar-refractivity contribution is -0.384. The van der Waals surface area contributed by atoms with E-state index in [9.17, 15) is 10.1 Å². The van der Waals surface area contributed by atoms with Gasteiger partial charge in [-0.2, -0.15) is 0 Å². The number of hydrogen-bond acceptors (Lipinski definition) is 5. The summed E-state index contributed by atoms with van der Waals surface area (Å²) in [7, 11) is 0. The molecule has 0 aliphatic heterocycles. The van der Waals surface area contributed by atoms with Crippen LogP contribution in [0.2, 0.25) is 0 Å². The molecule has 0 saturated carbocycles. The van der Waals surface area contributed by atoms with Crippen molar-refractivity contribution in [2.45, 2.75) is 20.5 Å². The van der Waals surface area contributed by atoms with E-state index in [1.807, 2.05) is 6.92 Å². The summed E-state index contributed by atoms with van der Waals surface area (Å²) < 4.78 is 10.3. The minimum atomic E-state index is -0.432. The molecule has 2 rings (SSSR count). The summed E-state index contributed by atoms with van der Waals surface area (Å²) in [6.45, 7) is 3.91. The van der Waals surface area contributed by atoms with Crippen LogP contribution in [0.5, 0.6) is 5.75 Å². The van der Waals surface area contributed by atoms with Crippen molar-refractivity contribution >= 4 is 5.69 Å². The first-order valence-corrected chi connectivity index (χ1v) is 5.35. The molecule has 0 bridgehead atoms. The lowest BCUT2D eigenvalue weighted by atomic mass is 10.2. The Morgan fingerprint density at radius 3 is 2.72 bits per heavy atom. The number of nitrogens with zero attached hydrogens (tertiary/aromatic N) is 2. The fourth-order valence-corrected chi connectivity index (χ4v) is 1.50. The van der Waals surface area contributed by atoms with Crippen LogP contribution >= 0.6 is 0 Å². The lowest BCUT2D eigenvalue weighted by Gasteiger charge is -2.07. The molecular weight excluding hydrogens is 236 g/mol. The van der Waals surface area contributed by atoms with Gasteiger partial charge in [0.2, 0.25) is 0 Å². The number of rotatable bonds is 4. The Labute approximate surface area is 103 Å². The quantitative estimate of drug-likeness (QED) is 0.614. The van der Waals surface area contributed by atoms with Gasteiger partial charge in [-0.1, -0.05) is 5.16 Å². The van der Waals surface area contributed by atoms with Gasteiger partial charge >= 0.3 is 0 Å². The molecule has 0 fully saturated rings. The van der Waals surface area contributed by atoms with Crippen molar-refractivity contribution in [3.05, 3.63) is 51.4 Å². The largest absolute Gasteiger partial charge is 0.487 e. The highest BCUT2D eigenvalue weighted by atomic mass is 16.6. The summed E-state index contributed by atoms with van der Waals surface area (Å²) in [6, 6.07) is 4.48. The first kappa shape index (κ1) is 12.1. The van der Waals surface area contributed by atoms with E-state index in [0.717, 1.165) is 5.56 Å². The zero-order chi connectivity index (χ0) is 13.1. The predicted octanol–water partition coefficient (Wildman–Crippen LogP) is 2.78. The Hall–Kier alpha value is -2.37. The van der Waals surface area contributed by atoms with Gasteiger partial charge in [-0.25, -0.2) is 0 Å². The van der Waals surface area contributed by atoms with Crippen LogP contribution in [0.1, 0.15) is 16.8 Å². The van der Waals surface area contributed by atoms with Gasteiger partial charge in [0.05, 0.1) is 4.92 Å². The number of aryl methyl sites for hydroxylation is 2. The summed E-state index contributed by atoms with van der Waals surface area (Å²) in [5.74, 6) is 0.600. The van der Waals surface area contributed by atoms with E-state index in [0.29, 0.717) is 17.0 Å². The highest BCUT2D eigenvalue weighted by Crippen LogP contribution is 2.24. The van der Waals surface area contributed by atoms with Crippen molar-refractivity contribution in [1.82, 2.24) is 5.16 Å². The number of nitro benzene ring substituents is 1. The smallest absolute Gasteiger partial charge is 0.269 e. The van der Waals surface area contributed by atoms with Crippen molar-refractivity contribution in [3.8, 4) is 5.75 Å². The number of nitro groups is 1. The molecule has 0 radical (unpaired) electrons. The molecule has 18 heavy (non-hydrogen) atoms. The van der Waals surface area contributed by atoms with E-state index in [1.165, 1.54) is 12.1 Å². The second-order valence-electron chi connectivity index (χ2n) is 3.94. The molecule has 6 heteroatoms. The molecule has 0 aliphatic rings. The highest BCUT2D eigenvalue weighted by Gasteiger charge is 2.10. The molecule has 6 nitrogen and oxygen atoms in total. The molecule has 0 aliphatic carbocycles. The molecular formula is C12H12N2O4. The molecule has 0 unspecified atom stereocenters. The Morgan fingerprint density at radius 2 is 2.17 bits per heavy atom. The first-order valence-electron chi connectivity index (χ1n) is 5.35. The monoisotopic (exact) mass is 248 g/mol. The minimum absolute atomic E-state index is 0.0532. The average Bonchev–Trinajstić information content (AvgIpc) is 2.73. The van der Waals surface area contributed by atoms with Gasteiger partial charge in [0, 0.05) is 17.7 Å². The molecule has 1 aromatic carbocycles. The Morgan fingerprint density at radius 1 is 1.39 bits per heavy atom. The fourth-order valence-electron chi connectivity index (χ4n) is 1.50. The molecule has 0 atom stereocenters. The SMILES string of the molecule is Cc1cc([N+](=O)[O-])ccc1OCc1nocc1C. The number of non-ortho nitro benzene ring substituents is 1. The van der Waals surface area contributed by atoms with Crippen molar-refractivity contribution in [2.75, 3.05) is 0 Å². The second-order valence-corrected chi connectivity index (χ2v) is 3.94. The van der Waals surface area contributed by atoms with Gasteiger partial charge in [-0.3, -0.25) is 10.1 Å². The molecule has 0 spiro atoms. The topological polar surface area (TPSA) is 78.4 Å². The van der Waals surface area contributed by atoms with E-state index in [-0.39, 0.29) is 12.3 Å². The minimum Gasteiger partial charge on any atom is -0.487 e. The predicted molar refractivity (Wildman–Crippen MR) is 63.4 cm³/mol. The number of hydrogen-bond donors (Lipinski definition) is 0. The third kappa shape index (κ3) is 2.48. The maximum atomic E-state index is 10.6. The van der Waals surface area contributed by atoms with Crippen LogP contribution < -0.4 is 4.74 Å². The van der Waals surface area contributed by atoms with Crippen molar-refractivity contribution < 1.29 is 14.2 Å². The zero-order valence-corrected chi connectivity index (χ0v) is 10.0. The molecule has 1 aromatic heterocycles. The second kappa shape index (κ2) is 4.87. The summed E-state index contributed by atoms with van der Waals surface area (Å²) in [5, 5.41) is 14.4. The highest BCUT2D eigenvalue weighted by molar-refractivity contribution is 5.43. The Kier molecular flexibility index (Phi) is 3.27. The average molecular weight is 248 g/mol. The Bertz CT molecular complexity index is 577. The zero-order valence-electron chi connectivity index (χ0n) is 10.0.